The number of nitrogens with one attached hydrogen (secondary N) is 2. The predicted octanol–water partition coefficient (Wildman–Crippen LogP) is 3.28. The second kappa shape index (κ2) is 7.74. The van der Waals surface area contributed by atoms with Crippen LogP contribution in [0.2, 0.25) is 0 Å². The third kappa shape index (κ3) is 3.87. The number of nitrogens with zero attached hydrogens (tertiary/aromatic N) is 2. The summed E-state index contributed by atoms with van der Waals surface area (Å²) in [6, 6.07) is 14.3. The maximum atomic E-state index is 12.3. The van der Waals surface area contributed by atoms with Gasteiger partial charge in [-0.25, -0.2) is 0 Å². The first kappa shape index (κ1) is 18.1. The highest BCUT2D eigenvalue weighted by Gasteiger charge is 2.22. The van der Waals surface area contributed by atoms with Crippen molar-refractivity contribution in [3.05, 3.63) is 64.3 Å². The highest BCUT2D eigenvalue weighted by atomic mass is 79.9. The fourth-order valence-corrected chi connectivity index (χ4v) is 4.02. The highest BCUT2D eigenvalue weighted by molar-refractivity contribution is 9.10. The molecule has 5 nitrogen and oxygen atoms in total. The van der Waals surface area contributed by atoms with E-state index in [0.717, 1.165) is 47.5 Å². The van der Waals surface area contributed by atoms with E-state index in [2.05, 4.69) is 67.7 Å². The molecule has 1 saturated heterocycles. The Morgan fingerprint density at radius 1 is 1.07 bits per heavy atom. The smallest absolute Gasteiger partial charge is 0.253 e. The second-order valence-electron chi connectivity index (χ2n) is 6.99. The Morgan fingerprint density at radius 3 is 2.56 bits per heavy atom. The zero-order chi connectivity index (χ0) is 18.8. The topological polar surface area (TPSA) is 47.6 Å². The fraction of sp³-hybridized carbons (Fsp3) is 0.286. The largest absolute Gasteiger partial charge is 0.369 e. The normalized spacial score (nSPS) is 19.0. The molecule has 0 aliphatic carbocycles. The number of anilines is 2. The molecule has 0 spiro atoms. The summed E-state index contributed by atoms with van der Waals surface area (Å²) in [5.74, 6) is -0.0536. The van der Waals surface area contributed by atoms with Gasteiger partial charge in [0.1, 0.15) is 0 Å². The number of carbonyl (C=O) groups is 1. The number of benzene rings is 2. The van der Waals surface area contributed by atoms with Crippen molar-refractivity contribution in [2.75, 3.05) is 43.4 Å². The number of carbonyl (C=O) groups excluding carboxylic acids is 1. The van der Waals surface area contributed by atoms with Crippen LogP contribution in [-0.4, -0.2) is 44.0 Å². The first-order valence-electron chi connectivity index (χ1n) is 9.18. The molecular formula is C21H23BrN4O. The molecule has 0 aromatic heterocycles. The molecule has 2 aromatic carbocycles. The lowest BCUT2D eigenvalue weighted by molar-refractivity contribution is -0.116. The number of rotatable bonds is 3. The molecule has 0 radical (unpaired) electrons. The van der Waals surface area contributed by atoms with Crippen LogP contribution >= 0.6 is 15.9 Å². The minimum absolute atomic E-state index is 0.0536. The van der Waals surface area contributed by atoms with Gasteiger partial charge in [0, 0.05) is 54.8 Å². The molecule has 140 valence electrons. The Balaban J connectivity index is 1.50. The van der Waals surface area contributed by atoms with Gasteiger partial charge in [0.2, 0.25) is 0 Å². The molecule has 2 aliphatic rings. The van der Waals surface area contributed by atoms with Gasteiger partial charge in [-0.1, -0.05) is 28.1 Å². The number of likely N-dealkylation sites (N-methyl/N-ethyl adjacent to an activating group) is 1. The van der Waals surface area contributed by atoms with Gasteiger partial charge in [0.25, 0.3) is 5.91 Å². The van der Waals surface area contributed by atoms with Crippen LogP contribution in [0.15, 0.2) is 53.1 Å². The molecule has 4 rings (SSSR count). The number of amides is 1. The molecule has 1 fully saturated rings. The van der Waals surface area contributed by atoms with Gasteiger partial charge in [0.15, 0.2) is 0 Å². The number of halogens is 1. The molecule has 0 saturated carbocycles. The van der Waals surface area contributed by atoms with E-state index in [0.29, 0.717) is 12.1 Å². The van der Waals surface area contributed by atoms with Crippen LogP contribution in [0.4, 0.5) is 11.4 Å². The minimum atomic E-state index is -0.0536. The van der Waals surface area contributed by atoms with Gasteiger partial charge >= 0.3 is 0 Å². The second-order valence-corrected chi connectivity index (χ2v) is 7.84. The molecule has 0 unspecified atom stereocenters. The SMILES string of the molecule is CN1CCN(c2ccc(N/C=C3\C(=O)NCc4c(Br)cccc43)cc2)CC1. The van der Waals surface area contributed by atoms with Crippen molar-refractivity contribution < 1.29 is 4.79 Å². The average molecular weight is 427 g/mol. The first-order chi connectivity index (χ1) is 13.1. The lowest BCUT2D eigenvalue weighted by atomic mass is 9.96. The van der Waals surface area contributed by atoms with Gasteiger partial charge in [-0.3, -0.25) is 4.79 Å². The fourth-order valence-electron chi connectivity index (χ4n) is 3.51. The van der Waals surface area contributed by atoms with Gasteiger partial charge in [-0.15, -0.1) is 0 Å². The molecule has 2 heterocycles. The molecule has 0 bridgehead atoms. The Kier molecular flexibility index (Phi) is 5.18. The van der Waals surface area contributed by atoms with E-state index in [-0.39, 0.29) is 5.91 Å². The standard InChI is InChI=1S/C21H23BrN4O/c1-25-9-11-26(12-10-25)16-7-5-15(6-8-16)23-14-19-17-3-2-4-20(22)18(17)13-24-21(19)27/h2-8,14,23H,9-13H2,1H3,(H,24,27)/b19-14-. The van der Waals surface area contributed by atoms with E-state index in [9.17, 15) is 4.79 Å². The predicted molar refractivity (Wildman–Crippen MR) is 114 cm³/mol. The first-order valence-corrected chi connectivity index (χ1v) is 9.97. The molecule has 1 amide bonds. The van der Waals surface area contributed by atoms with E-state index in [4.69, 9.17) is 0 Å². The zero-order valence-electron chi connectivity index (χ0n) is 15.3. The summed E-state index contributed by atoms with van der Waals surface area (Å²) >= 11 is 3.57. The summed E-state index contributed by atoms with van der Waals surface area (Å²) in [5.41, 5.74) is 4.94. The maximum Gasteiger partial charge on any atom is 0.253 e. The molecular weight excluding hydrogens is 404 g/mol. The Labute approximate surface area is 168 Å². The summed E-state index contributed by atoms with van der Waals surface area (Å²) in [5, 5.41) is 6.21. The Bertz CT molecular complexity index is 870. The lowest BCUT2D eigenvalue weighted by Crippen LogP contribution is -2.44. The van der Waals surface area contributed by atoms with Crippen molar-refractivity contribution in [3.63, 3.8) is 0 Å². The van der Waals surface area contributed by atoms with E-state index in [1.54, 1.807) is 6.20 Å². The third-order valence-corrected chi connectivity index (χ3v) is 5.94. The van der Waals surface area contributed by atoms with Crippen LogP contribution in [0.1, 0.15) is 11.1 Å². The van der Waals surface area contributed by atoms with Crippen molar-refractivity contribution >= 4 is 38.8 Å². The summed E-state index contributed by atoms with van der Waals surface area (Å²) in [4.78, 5) is 17.1. The van der Waals surface area contributed by atoms with Crippen LogP contribution in [0.3, 0.4) is 0 Å². The number of hydrogen-bond acceptors (Lipinski definition) is 4. The van der Waals surface area contributed by atoms with Gasteiger partial charge in [-0.2, -0.15) is 0 Å². The van der Waals surface area contributed by atoms with Gasteiger partial charge in [0.05, 0.1) is 5.57 Å². The summed E-state index contributed by atoms with van der Waals surface area (Å²) in [7, 11) is 2.16. The van der Waals surface area contributed by atoms with Crippen LogP contribution in [0, 0.1) is 0 Å². The molecule has 2 aliphatic heterocycles. The molecule has 6 heteroatoms. The molecule has 2 aromatic rings. The van der Waals surface area contributed by atoms with Gasteiger partial charge in [-0.05, 0) is 48.5 Å². The Morgan fingerprint density at radius 2 is 1.81 bits per heavy atom. The lowest BCUT2D eigenvalue weighted by Gasteiger charge is -2.34. The number of piperazine rings is 1. The number of hydrogen-bond donors (Lipinski definition) is 2. The number of fused-ring (bicyclic) bond motifs is 1. The molecule has 27 heavy (non-hydrogen) atoms. The van der Waals surface area contributed by atoms with Crippen LogP contribution in [-0.2, 0) is 11.3 Å². The average Bonchev–Trinajstić information content (AvgIpc) is 2.68. The minimum Gasteiger partial charge on any atom is -0.369 e. The summed E-state index contributed by atoms with van der Waals surface area (Å²) in [6.07, 6.45) is 1.80. The molecule has 2 N–H and O–H groups in total. The third-order valence-electron chi connectivity index (χ3n) is 5.20. The quantitative estimate of drug-likeness (QED) is 0.739. The monoisotopic (exact) mass is 426 g/mol. The van der Waals surface area contributed by atoms with Crippen molar-refractivity contribution in [1.29, 1.82) is 0 Å². The van der Waals surface area contributed by atoms with Crippen molar-refractivity contribution in [2.24, 2.45) is 0 Å². The van der Waals surface area contributed by atoms with Crippen molar-refractivity contribution in [3.8, 4) is 0 Å². The molecule has 0 atom stereocenters. The van der Waals surface area contributed by atoms with E-state index in [1.807, 2.05) is 18.2 Å². The summed E-state index contributed by atoms with van der Waals surface area (Å²) in [6.45, 7) is 4.84. The van der Waals surface area contributed by atoms with Crippen molar-refractivity contribution in [2.45, 2.75) is 6.54 Å². The van der Waals surface area contributed by atoms with E-state index < -0.39 is 0 Å². The van der Waals surface area contributed by atoms with Crippen LogP contribution < -0.4 is 15.5 Å². The van der Waals surface area contributed by atoms with E-state index in [1.165, 1.54) is 5.69 Å². The van der Waals surface area contributed by atoms with Crippen LogP contribution in [0.5, 0.6) is 0 Å². The zero-order valence-corrected chi connectivity index (χ0v) is 16.9. The van der Waals surface area contributed by atoms with Gasteiger partial charge < -0.3 is 20.4 Å². The summed E-state index contributed by atoms with van der Waals surface area (Å²) < 4.78 is 1.02. The van der Waals surface area contributed by atoms with E-state index >= 15 is 0 Å². The van der Waals surface area contributed by atoms with Crippen LogP contribution in [0.25, 0.3) is 5.57 Å². The van der Waals surface area contributed by atoms with Crippen molar-refractivity contribution in [1.82, 2.24) is 10.2 Å². The highest BCUT2D eigenvalue weighted by Crippen LogP contribution is 2.30. The Hall–Kier alpha value is -2.31. The maximum absolute atomic E-state index is 12.3.